The molecule has 0 heterocycles. The zero-order chi connectivity index (χ0) is 23.5. The normalized spacial score (nSPS) is 47.5. The second-order valence-electron chi connectivity index (χ2n) is 13.5. The van der Waals surface area contributed by atoms with Crippen LogP contribution in [-0.2, 0) is 0 Å². The lowest BCUT2D eigenvalue weighted by atomic mass is 9.43. The first-order valence-electron chi connectivity index (χ1n) is 14.0. The average molecular weight is 441 g/mol. The average Bonchev–Trinajstić information content (AvgIpc) is 3.02. The van der Waals surface area contributed by atoms with Gasteiger partial charge in [0.1, 0.15) is 0 Å². The van der Waals surface area contributed by atoms with Crippen molar-refractivity contribution in [3.63, 3.8) is 0 Å². The van der Waals surface area contributed by atoms with E-state index in [-0.39, 0.29) is 6.10 Å². The van der Waals surface area contributed by atoms with Gasteiger partial charge < -0.3 is 5.11 Å². The maximum atomic E-state index is 10.6. The van der Waals surface area contributed by atoms with Crippen LogP contribution >= 0.6 is 0 Å². The molecule has 0 aromatic heterocycles. The lowest BCUT2D eigenvalue weighted by Gasteiger charge is -2.62. The van der Waals surface area contributed by atoms with Crippen molar-refractivity contribution < 1.29 is 5.11 Å². The highest BCUT2D eigenvalue weighted by molar-refractivity contribution is 5.32. The zero-order valence-corrected chi connectivity index (χ0v) is 22.5. The van der Waals surface area contributed by atoms with Crippen LogP contribution in [0.25, 0.3) is 0 Å². The van der Waals surface area contributed by atoms with Crippen molar-refractivity contribution in [2.24, 2.45) is 51.8 Å². The molecular weight excluding hydrogens is 388 g/mol. The number of hydrogen-bond acceptors (Lipinski definition) is 1. The van der Waals surface area contributed by atoms with E-state index in [1.807, 2.05) is 5.57 Å². The molecule has 0 aliphatic heterocycles. The molecule has 32 heavy (non-hydrogen) atoms. The van der Waals surface area contributed by atoms with Gasteiger partial charge in [0.15, 0.2) is 0 Å². The summed E-state index contributed by atoms with van der Waals surface area (Å²) in [4.78, 5) is 0. The summed E-state index contributed by atoms with van der Waals surface area (Å²) in [7, 11) is 0. The summed E-state index contributed by atoms with van der Waals surface area (Å²) in [5.74, 6) is 4.24. The Morgan fingerprint density at radius 3 is 2.44 bits per heavy atom. The Hall–Kier alpha value is -0.560. The molecule has 0 aromatic carbocycles. The van der Waals surface area contributed by atoms with Gasteiger partial charge in [-0.3, -0.25) is 0 Å². The highest BCUT2D eigenvalue weighted by atomic mass is 16.3. The minimum Gasteiger partial charge on any atom is -0.393 e. The van der Waals surface area contributed by atoms with Crippen LogP contribution in [-0.4, -0.2) is 11.2 Å². The van der Waals surface area contributed by atoms with Crippen molar-refractivity contribution in [1.82, 2.24) is 0 Å². The Morgan fingerprint density at radius 1 is 1.06 bits per heavy atom. The number of rotatable bonds is 5. The van der Waals surface area contributed by atoms with Crippen molar-refractivity contribution >= 4 is 0 Å². The quantitative estimate of drug-likeness (QED) is 0.424. The van der Waals surface area contributed by atoms with E-state index in [1.54, 1.807) is 5.57 Å². The molecule has 0 radical (unpaired) electrons. The van der Waals surface area contributed by atoms with Gasteiger partial charge in [-0.1, -0.05) is 71.8 Å². The van der Waals surface area contributed by atoms with Gasteiger partial charge in [-0.25, -0.2) is 0 Å². The highest BCUT2D eigenvalue weighted by Crippen LogP contribution is 2.72. The van der Waals surface area contributed by atoms with Crippen molar-refractivity contribution in [3.05, 3.63) is 23.3 Å². The van der Waals surface area contributed by atoms with E-state index in [0.29, 0.717) is 34.0 Å². The predicted octanol–water partition coefficient (Wildman–Crippen LogP) is 8.58. The third-order valence-electron chi connectivity index (χ3n) is 12.1. The SMILES string of the molecule is C/C=C(\CC[C@@H](C)[C@H]1CC[C@@]2(C)[C@@H]3CC[C@H]4[C@H](C)[C@@H](O)CC[C@]4(C)C3=CC[C@]12C)C(C)C. The smallest absolute Gasteiger partial charge is 0.0569 e. The Morgan fingerprint density at radius 2 is 1.78 bits per heavy atom. The van der Waals surface area contributed by atoms with Crippen molar-refractivity contribution in [2.75, 3.05) is 0 Å². The van der Waals surface area contributed by atoms with Gasteiger partial charge in [-0.2, -0.15) is 0 Å². The molecule has 0 spiro atoms. The molecule has 0 aromatic rings. The highest BCUT2D eigenvalue weighted by Gasteiger charge is 2.64. The third-order valence-corrected chi connectivity index (χ3v) is 12.1. The molecule has 0 saturated heterocycles. The van der Waals surface area contributed by atoms with Gasteiger partial charge in [0.25, 0.3) is 0 Å². The van der Waals surface area contributed by atoms with Crippen LogP contribution in [0.3, 0.4) is 0 Å². The second-order valence-corrected chi connectivity index (χ2v) is 13.5. The summed E-state index contributed by atoms with van der Waals surface area (Å²) in [6, 6.07) is 0. The fourth-order valence-corrected chi connectivity index (χ4v) is 9.66. The number of hydrogen-bond donors (Lipinski definition) is 1. The molecule has 4 rings (SSSR count). The number of aliphatic hydroxyl groups is 1. The number of allylic oxidation sites excluding steroid dienone is 4. The Balaban J connectivity index is 1.58. The molecule has 0 amide bonds. The molecule has 182 valence electrons. The fourth-order valence-electron chi connectivity index (χ4n) is 9.66. The van der Waals surface area contributed by atoms with Crippen molar-refractivity contribution in [2.45, 2.75) is 119 Å². The van der Waals surface area contributed by atoms with Gasteiger partial charge in [-0.05, 0) is 116 Å². The number of aliphatic hydroxyl groups excluding tert-OH is 1. The van der Waals surface area contributed by atoms with E-state index in [4.69, 9.17) is 0 Å². The predicted molar refractivity (Wildman–Crippen MR) is 137 cm³/mol. The van der Waals surface area contributed by atoms with Crippen LogP contribution in [0.4, 0.5) is 0 Å². The first-order chi connectivity index (χ1) is 15.0. The van der Waals surface area contributed by atoms with E-state index >= 15 is 0 Å². The monoisotopic (exact) mass is 440 g/mol. The Kier molecular flexibility index (Phi) is 6.59. The molecule has 9 atom stereocenters. The van der Waals surface area contributed by atoms with E-state index in [0.717, 1.165) is 24.2 Å². The van der Waals surface area contributed by atoms with Gasteiger partial charge in [0.2, 0.25) is 0 Å². The molecule has 3 saturated carbocycles. The lowest BCUT2D eigenvalue weighted by Crippen LogP contribution is -2.55. The van der Waals surface area contributed by atoms with Crippen LogP contribution in [0.1, 0.15) is 113 Å². The van der Waals surface area contributed by atoms with Gasteiger partial charge in [0.05, 0.1) is 6.10 Å². The van der Waals surface area contributed by atoms with Crippen LogP contribution in [0.5, 0.6) is 0 Å². The van der Waals surface area contributed by atoms with E-state index in [1.165, 1.54) is 51.4 Å². The second kappa shape index (κ2) is 8.58. The minimum absolute atomic E-state index is 0.0840. The minimum atomic E-state index is -0.0840. The van der Waals surface area contributed by atoms with Crippen LogP contribution in [0.2, 0.25) is 0 Å². The van der Waals surface area contributed by atoms with Gasteiger partial charge >= 0.3 is 0 Å². The van der Waals surface area contributed by atoms with Gasteiger partial charge in [0, 0.05) is 0 Å². The number of fused-ring (bicyclic) bond motifs is 5. The van der Waals surface area contributed by atoms with Gasteiger partial charge in [-0.15, -0.1) is 0 Å². The molecule has 4 aliphatic carbocycles. The van der Waals surface area contributed by atoms with Crippen LogP contribution in [0.15, 0.2) is 23.3 Å². The summed E-state index contributed by atoms with van der Waals surface area (Å²) in [6.07, 6.45) is 16.7. The maximum Gasteiger partial charge on any atom is 0.0569 e. The first-order valence-corrected chi connectivity index (χ1v) is 14.0. The van der Waals surface area contributed by atoms with E-state index < -0.39 is 0 Å². The maximum absolute atomic E-state index is 10.6. The molecule has 3 fully saturated rings. The van der Waals surface area contributed by atoms with Crippen molar-refractivity contribution in [1.29, 1.82) is 0 Å². The molecule has 1 nitrogen and oxygen atoms in total. The van der Waals surface area contributed by atoms with Crippen LogP contribution in [0, 0.1) is 51.8 Å². The lowest BCUT2D eigenvalue weighted by molar-refractivity contribution is -0.0779. The molecule has 0 unspecified atom stereocenters. The summed E-state index contributed by atoms with van der Waals surface area (Å²) >= 11 is 0. The van der Waals surface area contributed by atoms with Crippen molar-refractivity contribution in [3.8, 4) is 0 Å². The van der Waals surface area contributed by atoms with E-state index in [2.05, 4.69) is 67.5 Å². The molecule has 4 aliphatic rings. The summed E-state index contributed by atoms with van der Waals surface area (Å²) in [6.45, 7) is 19.8. The molecular formula is C31H52O. The standard InChI is InChI=1S/C31H52O/c1-9-23(20(2)3)11-10-21(4)24-14-18-31(8)27-13-12-25-22(5)28(32)16-17-29(25,6)26(27)15-19-30(24,31)7/h9,15,20-22,24-25,27-28,32H,10-14,16-19H2,1-8H3/b23-9+/t21-,22+,24-,25+,27-,28+,29+,30-,31+/m1/s1. The molecule has 1 N–H and O–H groups in total. The molecule has 1 heteroatoms. The fraction of sp³-hybridized carbons (Fsp3) is 0.871. The first kappa shape index (κ1) is 24.6. The summed E-state index contributed by atoms with van der Waals surface area (Å²) in [5.41, 5.74) is 4.68. The Labute approximate surface area is 199 Å². The van der Waals surface area contributed by atoms with E-state index in [9.17, 15) is 5.11 Å². The molecule has 0 bridgehead atoms. The zero-order valence-electron chi connectivity index (χ0n) is 22.5. The summed E-state index contributed by atoms with van der Waals surface area (Å²) in [5, 5.41) is 10.6. The largest absolute Gasteiger partial charge is 0.393 e. The van der Waals surface area contributed by atoms with Crippen LogP contribution < -0.4 is 0 Å². The topological polar surface area (TPSA) is 20.2 Å². The Bertz CT molecular complexity index is 760. The third kappa shape index (κ3) is 3.50. The summed E-state index contributed by atoms with van der Waals surface area (Å²) < 4.78 is 0.